The smallest absolute Gasteiger partial charge is 0.124 e. The molecule has 0 heterocycles. The zero-order valence-electron chi connectivity index (χ0n) is 12.0. The molecule has 100 valence electrons. The van der Waals surface area contributed by atoms with Crippen molar-refractivity contribution in [1.29, 1.82) is 0 Å². The molecular formula is C16H25NO. The molecule has 0 aliphatic heterocycles. The zero-order chi connectivity index (χ0) is 13.5. The van der Waals surface area contributed by atoms with Crippen molar-refractivity contribution < 1.29 is 4.74 Å². The van der Waals surface area contributed by atoms with Crippen LogP contribution in [0.1, 0.15) is 44.4 Å². The molecule has 2 heteroatoms. The molecule has 18 heavy (non-hydrogen) atoms. The third kappa shape index (κ3) is 4.53. The zero-order valence-corrected chi connectivity index (χ0v) is 12.0. The lowest BCUT2D eigenvalue weighted by molar-refractivity contribution is 0.315. The highest BCUT2D eigenvalue weighted by Gasteiger charge is 2.11. The van der Waals surface area contributed by atoms with Gasteiger partial charge in [-0.3, -0.25) is 0 Å². The van der Waals surface area contributed by atoms with E-state index in [1.165, 1.54) is 11.1 Å². The van der Waals surface area contributed by atoms with Crippen LogP contribution in [0.25, 0.3) is 0 Å². The Labute approximate surface area is 111 Å². The standard InChI is InChI=1S/C16H25NO/c1-6-17-14(5)15-11-13(4)7-8-16(15)18-10-9-12(2)3/h7-8,11,14,17H,2,6,9-10H2,1,3-5H3. The fraction of sp³-hybridized carbons (Fsp3) is 0.500. The van der Waals surface area contributed by atoms with E-state index in [0.29, 0.717) is 12.6 Å². The molecule has 0 aliphatic rings. The Kier molecular flexibility index (Phi) is 5.93. The van der Waals surface area contributed by atoms with Crippen molar-refractivity contribution in [3.63, 3.8) is 0 Å². The predicted octanol–water partition coefficient (Wildman–Crippen LogP) is 4.01. The highest BCUT2D eigenvalue weighted by Crippen LogP contribution is 2.26. The predicted molar refractivity (Wildman–Crippen MR) is 78.2 cm³/mol. The normalized spacial score (nSPS) is 12.2. The van der Waals surface area contributed by atoms with E-state index in [4.69, 9.17) is 4.74 Å². The first-order valence-corrected chi connectivity index (χ1v) is 6.65. The second kappa shape index (κ2) is 7.22. The summed E-state index contributed by atoms with van der Waals surface area (Å²) < 4.78 is 5.87. The van der Waals surface area contributed by atoms with Crippen molar-refractivity contribution >= 4 is 0 Å². The molecule has 1 N–H and O–H groups in total. The van der Waals surface area contributed by atoms with Gasteiger partial charge < -0.3 is 10.1 Å². The Morgan fingerprint density at radius 1 is 1.44 bits per heavy atom. The topological polar surface area (TPSA) is 21.3 Å². The van der Waals surface area contributed by atoms with Crippen LogP contribution in [-0.2, 0) is 0 Å². The van der Waals surface area contributed by atoms with Crippen LogP contribution in [0.4, 0.5) is 0 Å². The number of hydrogen-bond donors (Lipinski definition) is 1. The van der Waals surface area contributed by atoms with Crippen LogP contribution in [0.5, 0.6) is 5.75 Å². The van der Waals surface area contributed by atoms with Crippen LogP contribution in [0.15, 0.2) is 30.4 Å². The summed E-state index contributed by atoms with van der Waals surface area (Å²) in [5.41, 5.74) is 3.66. The fourth-order valence-corrected chi connectivity index (χ4v) is 1.89. The van der Waals surface area contributed by atoms with E-state index < -0.39 is 0 Å². The van der Waals surface area contributed by atoms with Gasteiger partial charge in [0.05, 0.1) is 6.61 Å². The SMILES string of the molecule is C=C(C)CCOc1ccc(C)cc1C(C)NCC. The van der Waals surface area contributed by atoms with Crippen molar-refractivity contribution in [2.75, 3.05) is 13.2 Å². The quantitative estimate of drug-likeness (QED) is 0.735. The lowest BCUT2D eigenvalue weighted by Crippen LogP contribution is -2.18. The van der Waals surface area contributed by atoms with E-state index in [2.05, 4.69) is 50.9 Å². The molecule has 1 atom stereocenters. The average Bonchev–Trinajstić information content (AvgIpc) is 2.31. The van der Waals surface area contributed by atoms with Gasteiger partial charge in [-0.05, 0) is 33.4 Å². The van der Waals surface area contributed by atoms with Crippen LogP contribution < -0.4 is 10.1 Å². The van der Waals surface area contributed by atoms with Gasteiger partial charge >= 0.3 is 0 Å². The Balaban J connectivity index is 2.79. The maximum Gasteiger partial charge on any atom is 0.124 e. The molecule has 0 fully saturated rings. The summed E-state index contributed by atoms with van der Waals surface area (Å²) in [6.07, 6.45) is 0.906. The maximum absolute atomic E-state index is 5.87. The second-order valence-corrected chi connectivity index (χ2v) is 4.88. The minimum atomic E-state index is 0.315. The molecule has 1 aromatic rings. The number of rotatable bonds is 7. The Bertz CT molecular complexity index is 398. The summed E-state index contributed by atoms with van der Waals surface area (Å²) in [7, 11) is 0. The molecule has 2 nitrogen and oxygen atoms in total. The van der Waals surface area contributed by atoms with Crippen molar-refractivity contribution in [2.24, 2.45) is 0 Å². The highest BCUT2D eigenvalue weighted by molar-refractivity contribution is 5.39. The second-order valence-electron chi connectivity index (χ2n) is 4.88. The molecule has 0 radical (unpaired) electrons. The van der Waals surface area contributed by atoms with Crippen LogP contribution in [0.2, 0.25) is 0 Å². The van der Waals surface area contributed by atoms with E-state index in [0.717, 1.165) is 24.3 Å². The number of hydrogen-bond acceptors (Lipinski definition) is 2. The molecule has 1 rings (SSSR count). The van der Waals surface area contributed by atoms with Crippen LogP contribution in [0, 0.1) is 6.92 Å². The maximum atomic E-state index is 5.87. The van der Waals surface area contributed by atoms with E-state index in [-0.39, 0.29) is 0 Å². The van der Waals surface area contributed by atoms with Gasteiger partial charge in [0.25, 0.3) is 0 Å². The van der Waals surface area contributed by atoms with Crippen molar-refractivity contribution in [3.05, 3.63) is 41.5 Å². The van der Waals surface area contributed by atoms with Crippen molar-refractivity contribution in [3.8, 4) is 5.75 Å². The lowest BCUT2D eigenvalue weighted by atomic mass is 10.0. The largest absolute Gasteiger partial charge is 0.493 e. The third-order valence-electron chi connectivity index (χ3n) is 2.93. The van der Waals surface area contributed by atoms with Gasteiger partial charge in [-0.25, -0.2) is 0 Å². The molecule has 1 aromatic carbocycles. The molecule has 0 saturated heterocycles. The Morgan fingerprint density at radius 2 is 2.17 bits per heavy atom. The van der Waals surface area contributed by atoms with Crippen molar-refractivity contribution in [2.45, 2.75) is 40.2 Å². The summed E-state index contributed by atoms with van der Waals surface area (Å²) in [5, 5.41) is 3.43. The summed E-state index contributed by atoms with van der Waals surface area (Å²) in [5.74, 6) is 0.982. The van der Waals surface area contributed by atoms with E-state index >= 15 is 0 Å². The first-order valence-electron chi connectivity index (χ1n) is 6.65. The monoisotopic (exact) mass is 247 g/mol. The molecule has 0 saturated carbocycles. The number of nitrogens with one attached hydrogen (secondary N) is 1. The van der Waals surface area contributed by atoms with Gasteiger partial charge in [0.1, 0.15) is 5.75 Å². The summed E-state index contributed by atoms with van der Waals surface area (Å²) in [6, 6.07) is 6.67. The Morgan fingerprint density at radius 3 is 2.78 bits per heavy atom. The molecular weight excluding hydrogens is 222 g/mol. The van der Waals surface area contributed by atoms with E-state index in [1.807, 2.05) is 6.92 Å². The van der Waals surface area contributed by atoms with Gasteiger partial charge in [-0.15, -0.1) is 6.58 Å². The molecule has 0 spiro atoms. The lowest BCUT2D eigenvalue weighted by Gasteiger charge is -2.18. The van der Waals surface area contributed by atoms with Crippen LogP contribution in [0.3, 0.4) is 0 Å². The van der Waals surface area contributed by atoms with E-state index in [9.17, 15) is 0 Å². The van der Waals surface area contributed by atoms with Crippen LogP contribution in [-0.4, -0.2) is 13.2 Å². The summed E-state index contributed by atoms with van der Waals surface area (Å²) in [4.78, 5) is 0. The van der Waals surface area contributed by atoms with Crippen molar-refractivity contribution in [1.82, 2.24) is 5.32 Å². The summed E-state index contributed by atoms with van der Waals surface area (Å²) >= 11 is 0. The van der Waals surface area contributed by atoms with Gasteiger partial charge in [-0.2, -0.15) is 0 Å². The first-order chi connectivity index (χ1) is 8.54. The Hall–Kier alpha value is -1.28. The van der Waals surface area contributed by atoms with Crippen LogP contribution >= 0.6 is 0 Å². The average molecular weight is 247 g/mol. The number of benzene rings is 1. The molecule has 0 bridgehead atoms. The third-order valence-corrected chi connectivity index (χ3v) is 2.93. The molecule has 0 aliphatic carbocycles. The minimum absolute atomic E-state index is 0.315. The number of aryl methyl sites for hydroxylation is 1. The van der Waals surface area contributed by atoms with Gasteiger partial charge in [-0.1, -0.05) is 30.2 Å². The minimum Gasteiger partial charge on any atom is -0.493 e. The van der Waals surface area contributed by atoms with Gasteiger partial charge in [0.2, 0.25) is 0 Å². The fourth-order valence-electron chi connectivity index (χ4n) is 1.89. The molecule has 0 amide bonds. The van der Waals surface area contributed by atoms with Gasteiger partial charge in [0.15, 0.2) is 0 Å². The number of ether oxygens (including phenoxy) is 1. The first kappa shape index (κ1) is 14.8. The highest BCUT2D eigenvalue weighted by atomic mass is 16.5. The summed E-state index contributed by atoms with van der Waals surface area (Å²) in [6.45, 7) is 14.0. The van der Waals surface area contributed by atoms with E-state index in [1.54, 1.807) is 0 Å². The van der Waals surface area contributed by atoms with Gasteiger partial charge in [0, 0.05) is 18.0 Å². The molecule has 1 unspecified atom stereocenters. The molecule has 0 aromatic heterocycles.